The highest BCUT2D eigenvalue weighted by Crippen LogP contribution is 2.37. The van der Waals surface area contributed by atoms with E-state index < -0.39 is 12.0 Å². The van der Waals surface area contributed by atoms with Crippen molar-refractivity contribution in [3.63, 3.8) is 0 Å². The Balaban J connectivity index is 1.27. The van der Waals surface area contributed by atoms with Gasteiger partial charge in [0, 0.05) is 56.3 Å². The van der Waals surface area contributed by atoms with Crippen LogP contribution in [-0.4, -0.2) is 56.4 Å². The molecule has 6 rings (SSSR count). The van der Waals surface area contributed by atoms with Gasteiger partial charge in [0.1, 0.15) is 35.0 Å². The summed E-state index contributed by atoms with van der Waals surface area (Å²) in [6.45, 7) is 2.82. The Labute approximate surface area is 224 Å². The molecule has 4 heterocycles. The molecule has 1 aliphatic heterocycles. The van der Waals surface area contributed by atoms with Gasteiger partial charge < -0.3 is 24.1 Å². The lowest BCUT2D eigenvalue weighted by molar-refractivity contribution is -0.0963. The molecule has 1 N–H and O–H groups in total. The zero-order chi connectivity index (χ0) is 27.0. The first kappa shape index (κ1) is 25.0. The van der Waals surface area contributed by atoms with Gasteiger partial charge in [-0.05, 0) is 55.9 Å². The molecule has 1 saturated heterocycles. The number of fused-ring (bicyclic) bond motifs is 2. The summed E-state index contributed by atoms with van der Waals surface area (Å²) in [6, 6.07) is 14.7. The van der Waals surface area contributed by atoms with E-state index in [4.69, 9.17) is 9.47 Å². The van der Waals surface area contributed by atoms with Gasteiger partial charge in [0.15, 0.2) is 6.10 Å². The number of hydrogen-bond donors (Lipinski definition) is 1. The van der Waals surface area contributed by atoms with Gasteiger partial charge in [-0.3, -0.25) is 0 Å². The summed E-state index contributed by atoms with van der Waals surface area (Å²) >= 11 is 0. The lowest BCUT2D eigenvalue weighted by Crippen LogP contribution is -2.38. The van der Waals surface area contributed by atoms with E-state index in [1.165, 1.54) is 6.33 Å². The lowest BCUT2D eigenvalue weighted by atomic mass is 10.1. The van der Waals surface area contributed by atoms with E-state index in [2.05, 4.69) is 20.3 Å². The predicted molar refractivity (Wildman–Crippen MR) is 145 cm³/mol. The molecule has 5 aromatic rings. The molecule has 1 fully saturated rings. The van der Waals surface area contributed by atoms with Crippen LogP contribution in [0.5, 0.6) is 17.2 Å². The minimum atomic E-state index is -2.94. The van der Waals surface area contributed by atoms with Gasteiger partial charge in [0.05, 0.1) is 10.9 Å². The summed E-state index contributed by atoms with van der Waals surface area (Å²) in [5.74, 6) is -0.750. The second-order valence-corrected chi connectivity index (χ2v) is 9.84. The smallest absolute Gasteiger partial charge is 0.285 e. The van der Waals surface area contributed by atoms with Crippen molar-refractivity contribution in [2.75, 3.05) is 25.5 Å². The van der Waals surface area contributed by atoms with Crippen LogP contribution in [0.2, 0.25) is 0 Å². The third-order valence-corrected chi connectivity index (χ3v) is 7.00. The van der Waals surface area contributed by atoms with Gasteiger partial charge in [-0.2, -0.15) is 0 Å². The number of halogens is 2. The molecule has 1 aliphatic rings. The molecular weight excluding hydrogens is 502 g/mol. The van der Waals surface area contributed by atoms with Crippen LogP contribution in [-0.2, 0) is 0 Å². The minimum absolute atomic E-state index is 0.227. The largest absolute Gasteiger partial charge is 0.483 e. The second-order valence-electron chi connectivity index (χ2n) is 9.84. The van der Waals surface area contributed by atoms with Crippen LogP contribution in [0.15, 0.2) is 73.4 Å². The molecule has 0 bridgehead atoms. The van der Waals surface area contributed by atoms with Crippen LogP contribution in [0.25, 0.3) is 16.6 Å². The highest BCUT2D eigenvalue weighted by Gasteiger charge is 2.43. The highest BCUT2D eigenvalue weighted by molar-refractivity contribution is 5.95. The predicted octanol–water partition coefficient (Wildman–Crippen LogP) is 6.23. The molecule has 0 aliphatic carbocycles. The fourth-order valence-electron chi connectivity index (χ4n) is 4.79. The van der Waals surface area contributed by atoms with Crippen molar-refractivity contribution >= 4 is 28.1 Å². The Hall–Kier alpha value is -4.31. The number of rotatable bonds is 6. The Morgan fingerprint density at radius 1 is 1.00 bits per heavy atom. The van der Waals surface area contributed by atoms with Gasteiger partial charge in [-0.25, -0.2) is 23.7 Å². The molecule has 8 nitrogen and oxygen atoms in total. The first-order chi connectivity index (χ1) is 18.9. The van der Waals surface area contributed by atoms with Crippen LogP contribution in [0.1, 0.15) is 18.4 Å². The number of aromatic nitrogens is 4. The molecule has 1 atom stereocenters. The average molecular weight is 531 g/mol. The number of anilines is 2. The van der Waals surface area contributed by atoms with E-state index in [9.17, 15) is 8.78 Å². The third-order valence-electron chi connectivity index (χ3n) is 7.00. The van der Waals surface area contributed by atoms with Crippen molar-refractivity contribution in [3.05, 3.63) is 79.0 Å². The van der Waals surface area contributed by atoms with Crippen molar-refractivity contribution in [2.45, 2.75) is 31.8 Å². The number of hydrogen-bond acceptors (Lipinski definition) is 7. The maximum Gasteiger partial charge on any atom is 0.285 e. The second kappa shape index (κ2) is 10.1. The molecule has 0 amide bonds. The molecule has 39 heavy (non-hydrogen) atoms. The summed E-state index contributed by atoms with van der Waals surface area (Å²) in [6.07, 6.45) is 5.69. The summed E-state index contributed by atoms with van der Waals surface area (Å²) in [5.41, 5.74) is 3.07. The fraction of sp³-hybridized carbons (Fsp3) is 0.276. The van der Waals surface area contributed by atoms with Gasteiger partial charge in [0.25, 0.3) is 5.92 Å². The van der Waals surface area contributed by atoms with Crippen molar-refractivity contribution in [1.29, 1.82) is 0 Å². The van der Waals surface area contributed by atoms with Gasteiger partial charge in [-0.1, -0.05) is 6.07 Å². The Morgan fingerprint density at radius 3 is 2.77 bits per heavy atom. The average Bonchev–Trinajstić information content (AvgIpc) is 3.35. The summed E-state index contributed by atoms with van der Waals surface area (Å²) in [5, 5.41) is 3.88. The van der Waals surface area contributed by atoms with Crippen LogP contribution in [0.4, 0.5) is 20.3 Å². The van der Waals surface area contributed by atoms with Crippen molar-refractivity contribution < 1.29 is 18.3 Å². The van der Waals surface area contributed by atoms with Crippen LogP contribution in [0.3, 0.4) is 0 Å². The summed E-state index contributed by atoms with van der Waals surface area (Å²) in [7, 11) is 1.85. The van der Waals surface area contributed by atoms with Gasteiger partial charge >= 0.3 is 0 Å². The SMILES string of the molecule is Cc1cc(Nc2ncnc3cccc(OC4CCN(C)CCC4(F)F)c23)ccc1Oc1ccn2ccnc2c1. The standard InChI is InChI=1S/C29H28F2N6O2/c1-19-16-20(6-7-23(19)38-21-8-13-37-15-11-32-26(37)17-21)35-28-27-22(33-18-34-28)4-3-5-24(27)39-25-9-12-36(2)14-10-29(25,30)31/h3-8,11,13,15-18,25H,9-10,12,14H2,1-2H3,(H,33,34,35). The minimum Gasteiger partial charge on any atom is -0.483 e. The number of alkyl halides is 2. The summed E-state index contributed by atoms with van der Waals surface area (Å²) < 4.78 is 43.8. The Kier molecular flexibility index (Phi) is 6.48. The highest BCUT2D eigenvalue weighted by atomic mass is 19.3. The molecule has 2 aromatic carbocycles. The number of pyridine rings is 1. The molecule has 1 unspecified atom stereocenters. The number of nitrogens with one attached hydrogen (secondary N) is 1. The number of aryl methyl sites for hydroxylation is 1. The third kappa shape index (κ3) is 5.20. The zero-order valence-corrected chi connectivity index (χ0v) is 21.6. The fourth-order valence-corrected chi connectivity index (χ4v) is 4.79. The molecule has 10 heteroatoms. The Morgan fingerprint density at radius 2 is 1.90 bits per heavy atom. The van der Waals surface area contributed by atoms with E-state index in [1.54, 1.807) is 18.3 Å². The number of ether oxygens (including phenoxy) is 2. The lowest BCUT2D eigenvalue weighted by Gasteiger charge is -2.26. The van der Waals surface area contributed by atoms with Crippen molar-refractivity contribution in [1.82, 2.24) is 24.3 Å². The van der Waals surface area contributed by atoms with Crippen molar-refractivity contribution in [2.24, 2.45) is 0 Å². The molecule has 200 valence electrons. The van der Waals surface area contributed by atoms with Crippen LogP contribution < -0.4 is 14.8 Å². The number of imidazole rings is 1. The molecule has 0 saturated carbocycles. The Bertz CT molecular complexity index is 1630. The van der Waals surface area contributed by atoms with Crippen LogP contribution in [0, 0.1) is 6.92 Å². The molecule has 0 radical (unpaired) electrons. The normalized spacial score (nSPS) is 17.7. The van der Waals surface area contributed by atoms with Gasteiger partial charge in [-0.15, -0.1) is 0 Å². The molecular formula is C29H28F2N6O2. The van der Waals surface area contributed by atoms with Crippen LogP contribution >= 0.6 is 0 Å². The van der Waals surface area contributed by atoms with E-state index in [0.29, 0.717) is 47.1 Å². The van der Waals surface area contributed by atoms with E-state index in [-0.39, 0.29) is 12.8 Å². The van der Waals surface area contributed by atoms with E-state index in [1.807, 2.05) is 72.1 Å². The first-order valence-electron chi connectivity index (χ1n) is 12.8. The maximum atomic E-state index is 14.9. The molecule has 3 aromatic heterocycles. The number of benzene rings is 2. The van der Waals surface area contributed by atoms with Crippen molar-refractivity contribution in [3.8, 4) is 17.2 Å². The first-order valence-corrected chi connectivity index (χ1v) is 12.8. The topological polar surface area (TPSA) is 76.8 Å². The maximum absolute atomic E-state index is 14.9. The quantitative estimate of drug-likeness (QED) is 0.279. The number of nitrogens with zero attached hydrogens (tertiary/aromatic N) is 5. The van der Waals surface area contributed by atoms with E-state index >= 15 is 0 Å². The zero-order valence-electron chi connectivity index (χ0n) is 21.6. The number of likely N-dealkylation sites (tertiary alicyclic amines) is 1. The summed E-state index contributed by atoms with van der Waals surface area (Å²) in [4.78, 5) is 15.0. The monoisotopic (exact) mass is 530 g/mol. The van der Waals surface area contributed by atoms with Gasteiger partial charge in [0.2, 0.25) is 0 Å². The molecule has 0 spiro atoms. The van der Waals surface area contributed by atoms with E-state index in [0.717, 1.165) is 16.9 Å².